The Bertz CT molecular complexity index is 167. The third kappa shape index (κ3) is 5.94. The van der Waals surface area contributed by atoms with Gasteiger partial charge in [-0.2, -0.15) is 0 Å². The molecule has 0 bridgehead atoms. The summed E-state index contributed by atoms with van der Waals surface area (Å²) in [5, 5.41) is 0. The van der Waals surface area contributed by atoms with E-state index in [2.05, 4.69) is 0 Å². The summed E-state index contributed by atoms with van der Waals surface area (Å²) in [5.41, 5.74) is 11.5. The standard InChI is InChI=1S/C11H28N2O3Si/c1-4-14-17(15-5-2,16-6-3)11(13)9-7-8-10-12/h11H,4-10,12-13H2,1-3H3. The van der Waals surface area contributed by atoms with Crippen LogP contribution in [0.2, 0.25) is 0 Å². The van der Waals surface area contributed by atoms with Gasteiger partial charge in [-0.05, 0) is 40.2 Å². The van der Waals surface area contributed by atoms with Gasteiger partial charge in [-0.15, -0.1) is 0 Å². The van der Waals surface area contributed by atoms with Crippen LogP contribution in [0.3, 0.4) is 0 Å². The minimum absolute atomic E-state index is 0.158. The monoisotopic (exact) mass is 264 g/mol. The molecule has 0 aliphatic heterocycles. The quantitative estimate of drug-likeness (QED) is 0.430. The molecule has 0 aromatic heterocycles. The minimum Gasteiger partial charge on any atom is -0.373 e. The fraction of sp³-hybridized carbons (Fsp3) is 1.00. The van der Waals surface area contributed by atoms with Gasteiger partial charge >= 0.3 is 8.80 Å². The molecule has 0 radical (unpaired) electrons. The summed E-state index contributed by atoms with van der Waals surface area (Å²) in [6, 6.07) is 0. The fourth-order valence-electron chi connectivity index (χ4n) is 1.74. The second-order valence-electron chi connectivity index (χ2n) is 3.79. The molecule has 0 saturated heterocycles. The second-order valence-corrected chi connectivity index (χ2v) is 6.61. The number of unbranched alkanes of at least 4 members (excludes halogenated alkanes) is 1. The van der Waals surface area contributed by atoms with Crippen LogP contribution in [0.15, 0.2) is 0 Å². The van der Waals surface area contributed by atoms with Crippen LogP contribution < -0.4 is 11.5 Å². The van der Waals surface area contributed by atoms with Crippen LogP contribution >= 0.6 is 0 Å². The van der Waals surface area contributed by atoms with Gasteiger partial charge < -0.3 is 24.7 Å². The number of hydrogen-bond acceptors (Lipinski definition) is 5. The summed E-state index contributed by atoms with van der Waals surface area (Å²) in [5.74, 6) is 0. The van der Waals surface area contributed by atoms with Gasteiger partial charge in [0.05, 0.1) is 5.67 Å². The zero-order valence-corrected chi connectivity index (χ0v) is 12.4. The molecule has 0 fully saturated rings. The molecule has 17 heavy (non-hydrogen) atoms. The molecular formula is C11H28N2O3Si. The van der Waals surface area contributed by atoms with Gasteiger partial charge in [0.25, 0.3) is 0 Å². The van der Waals surface area contributed by atoms with Crippen molar-refractivity contribution in [2.24, 2.45) is 11.5 Å². The highest BCUT2D eigenvalue weighted by molar-refractivity contribution is 6.62. The van der Waals surface area contributed by atoms with Crippen molar-refractivity contribution in [3.8, 4) is 0 Å². The molecule has 6 heteroatoms. The Labute approximate surface area is 106 Å². The molecule has 104 valence electrons. The summed E-state index contributed by atoms with van der Waals surface area (Å²) in [6.45, 7) is 8.20. The lowest BCUT2D eigenvalue weighted by Gasteiger charge is -2.33. The molecule has 5 nitrogen and oxygen atoms in total. The van der Waals surface area contributed by atoms with Gasteiger partial charge in [-0.1, -0.05) is 6.42 Å². The van der Waals surface area contributed by atoms with Crippen LogP contribution in [-0.4, -0.2) is 40.8 Å². The van der Waals surface area contributed by atoms with E-state index in [0.717, 1.165) is 19.3 Å². The number of rotatable bonds is 11. The zero-order valence-electron chi connectivity index (χ0n) is 11.4. The first-order chi connectivity index (χ1) is 8.16. The van der Waals surface area contributed by atoms with Crippen molar-refractivity contribution in [1.82, 2.24) is 0 Å². The van der Waals surface area contributed by atoms with Crippen LogP contribution in [-0.2, 0) is 13.3 Å². The van der Waals surface area contributed by atoms with Crippen molar-refractivity contribution in [2.75, 3.05) is 26.4 Å². The molecule has 4 N–H and O–H groups in total. The Hall–Kier alpha value is 0.0169. The van der Waals surface area contributed by atoms with Gasteiger partial charge in [-0.25, -0.2) is 0 Å². The van der Waals surface area contributed by atoms with E-state index in [9.17, 15) is 0 Å². The van der Waals surface area contributed by atoms with Crippen LogP contribution in [0, 0.1) is 0 Å². The van der Waals surface area contributed by atoms with Crippen molar-refractivity contribution in [3.63, 3.8) is 0 Å². The van der Waals surface area contributed by atoms with E-state index >= 15 is 0 Å². The summed E-state index contributed by atoms with van der Waals surface area (Å²) >= 11 is 0. The first-order valence-electron chi connectivity index (χ1n) is 6.54. The van der Waals surface area contributed by atoms with Gasteiger partial charge in [-0.3, -0.25) is 0 Å². The van der Waals surface area contributed by atoms with Crippen LogP contribution in [0.5, 0.6) is 0 Å². The topological polar surface area (TPSA) is 79.7 Å². The highest BCUT2D eigenvalue weighted by atomic mass is 28.4. The first kappa shape index (κ1) is 17.0. The predicted molar refractivity (Wildman–Crippen MR) is 71.5 cm³/mol. The Balaban J connectivity index is 4.48. The van der Waals surface area contributed by atoms with E-state index < -0.39 is 8.80 Å². The smallest absolute Gasteiger partial charge is 0.373 e. The summed E-state index contributed by atoms with van der Waals surface area (Å²) in [6.07, 6.45) is 2.80. The maximum absolute atomic E-state index is 6.20. The fourth-order valence-corrected chi connectivity index (χ4v) is 4.39. The van der Waals surface area contributed by atoms with E-state index in [1.807, 2.05) is 20.8 Å². The highest BCUT2D eigenvalue weighted by Gasteiger charge is 2.46. The third-order valence-electron chi connectivity index (χ3n) is 2.46. The van der Waals surface area contributed by atoms with E-state index in [-0.39, 0.29) is 5.67 Å². The normalized spacial score (nSPS) is 13.9. The van der Waals surface area contributed by atoms with Crippen LogP contribution in [0.1, 0.15) is 40.0 Å². The van der Waals surface area contributed by atoms with Crippen LogP contribution in [0.4, 0.5) is 0 Å². The Morgan fingerprint density at radius 3 is 1.76 bits per heavy atom. The number of nitrogens with two attached hydrogens (primary N) is 2. The minimum atomic E-state index is -2.71. The maximum Gasteiger partial charge on any atom is 0.518 e. The summed E-state index contributed by atoms with van der Waals surface area (Å²) in [7, 11) is -2.71. The Kier molecular flexibility index (Phi) is 10.00. The SMILES string of the molecule is CCO[Si](OCC)(OCC)C(N)CCCCN. The molecule has 0 aliphatic rings. The highest BCUT2D eigenvalue weighted by Crippen LogP contribution is 2.17. The molecule has 0 heterocycles. The molecule has 0 aliphatic carbocycles. The molecule has 0 amide bonds. The van der Waals surface area contributed by atoms with E-state index in [4.69, 9.17) is 24.7 Å². The molecule has 0 saturated carbocycles. The second kappa shape index (κ2) is 9.99. The lowest BCUT2D eigenvalue weighted by molar-refractivity contribution is 0.0610. The summed E-state index contributed by atoms with van der Waals surface area (Å²) in [4.78, 5) is 0. The zero-order chi connectivity index (χ0) is 13.1. The van der Waals surface area contributed by atoms with Crippen molar-refractivity contribution in [1.29, 1.82) is 0 Å². The maximum atomic E-state index is 6.20. The van der Waals surface area contributed by atoms with Gasteiger partial charge in [0, 0.05) is 19.8 Å². The van der Waals surface area contributed by atoms with Crippen molar-refractivity contribution < 1.29 is 13.3 Å². The largest absolute Gasteiger partial charge is 0.518 e. The molecule has 0 rings (SSSR count). The third-order valence-corrected chi connectivity index (χ3v) is 5.73. The molecule has 0 spiro atoms. The Morgan fingerprint density at radius 1 is 0.941 bits per heavy atom. The number of hydrogen-bond donors (Lipinski definition) is 2. The molecule has 1 atom stereocenters. The van der Waals surface area contributed by atoms with Gasteiger partial charge in [0.15, 0.2) is 0 Å². The van der Waals surface area contributed by atoms with E-state index in [0.29, 0.717) is 26.4 Å². The average molecular weight is 264 g/mol. The lowest BCUT2D eigenvalue weighted by atomic mass is 10.2. The van der Waals surface area contributed by atoms with Crippen molar-refractivity contribution in [3.05, 3.63) is 0 Å². The van der Waals surface area contributed by atoms with Crippen LogP contribution in [0.25, 0.3) is 0 Å². The molecule has 1 unspecified atom stereocenters. The van der Waals surface area contributed by atoms with E-state index in [1.54, 1.807) is 0 Å². The lowest BCUT2D eigenvalue weighted by Crippen LogP contribution is -2.60. The predicted octanol–water partition coefficient (Wildman–Crippen LogP) is 1.03. The molecule has 0 aromatic rings. The Morgan fingerprint density at radius 2 is 1.41 bits per heavy atom. The van der Waals surface area contributed by atoms with Gasteiger partial charge in [0.1, 0.15) is 0 Å². The average Bonchev–Trinajstić information content (AvgIpc) is 2.30. The van der Waals surface area contributed by atoms with Gasteiger partial charge in [0.2, 0.25) is 0 Å². The molecular weight excluding hydrogens is 236 g/mol. The first-order valence-corrected chi connectivity index (χ1v) is 8.34. The summed E-state index contributed by atoms with van der Waals surface area (Å²) < 4.78 is 17.2. The van der Waals surface area contributed by atoms with Crippen molar-refractivity contribution in [2.45, 2.75) is 45.7 Å². The molecule has 0 aromatic carbocycles. The van der Waals surface area contributed by atoms with E-state index in [1.165, 1.54) is 0 Å². The van der Waals surface area contributed by atoms with Crippen molar-refractivity contribution >= 4 is 8.80 Å².